The molecule has 1 amide bonds. The number of nitrogens with one attached hydrogen (secondary N) is 1. The van der Waals surface area contributed by atoms with Crippen LogP contribution in [0.25, 0.3) is 0 Å². The SMILES string of the molecule is CNc1cc([C@@H]2CCCN(C(=O)c3cc(C)on3)C2)ccn1. The molecule has 1 aliphatic rings. The minimum atomic E-state index is -0.0514. The largest absolute Gasteiger partial charge is 0.373 e. The third-order valence-electron chi connectivity index (χ3n) is 4.07. The maximum absolute atomic E-state index is 12.5. The summed E-state index contributed by atoms with van der Waals surface area (Å²) in [5.74, 6) is 1.79. The number of pyridine rings is 1. The average Bonchev–Trinajstić information content (AvgIpc) is 3.01. The molecule has 0 aliphatic carbocycles. The molecule has 0 saturated carbocycles. The van der Waals surface area contributed by atoms with Crippen LogP contribution < -0.4 is 5.32 Å². The van der Waals surface area contributed by atoms with Crippen molar-refractivity contribution in [3.63, 3.8) is 0 Å². The smallest absolute Gasteiger partial charge is 0.276 e. The van der Waals surface area contributed by atoms with Gasteiger partial charge in [-0.25, -0.2) is 4.98 Å². The fourth-order valence-corrected chi connectivity index (χ4v) is 2.90. The molecule has 1 N–H and O–H groups in total. The van der Waals surface area contributed by atoms with Crippen LogP contribution in [0.4, 0.5) is 5.82 Å². The number of hydrogen-bond acceptors (Lipinski definition) is 5. The van der Waals surface area contributed by atoms with Gasteiger partial charge in [-0.15, -0.1) is 0 Å². The number of carbonyl (C=O) groups is 1. The Morgan fingerprint density at radius 1 is 1.45 bits per heavy atom. The number of amides is 1. The third kappa shape index (κ3) is 2.95. The van der Waals surface area contributed by atoms with Crippen molar-refractivity contribution in [3.05, 3.63) is 41.4 Å². The summed E-state index contributed by atoms with van der Waals surface area (Å²) in [5, 5.41) is 6.88. The molecule has 2 aromatic rings. The molecule has 0 bridgehead atoms. The van der Waals surface area contributed by atoms with Crippen LogP contribution in [0, 0.1) is 6.92 Å². The van der Waals surface area contributed by atoms with Gasteiger partial charge >= 0.3 is 0 Å². The second-order valence-corrected chi connectivity index (χ2v) is 5.64. The number of anilines is 1. The van der Waals surface area contributed by atoms with Crippen LogP contribution in [0.15, 0.2) is 28.9 Å². The van der Waals surface area contributed by atoms with Crippen LogP contribution >= 0.6 is 0 Å². The summed E-state index contributed by atoms with van der Waals surface area (Å²) >= 11 is 0. The Kier molecular flexibility index (Phi) is 4.09. The summed E-state index contributed by atoms with van der Waals surface area (Å²) in [6, 6.07) is 5.77. The van der Waals surface area contributed by atoms with Gasteiger partial charge in [0.05, 0.1) is 0 Å². The quantitative estimate of drug-likeness (QED) is 0.942. The Morgan fingerprint density at radius 2 is 2.32 bits per heavy atom. The number of likely N-dealkylation sites (tertiary alicyclic amines) is 1. The van der Waals surface area contributed by atoms with Gasteiger partial charge in [0.25, 0.3) is 5.91 Å². The Balaban J connectivity index is 1.75. The van der Waals surface area contributed by atoms with Gasteiger partial charge in [-0.1, -0.05) is 5.16 Å². The fourth-order valence-electron chi connectivity index (χ4n) is 2.90. The number of rotatable bonds is 3. The lowest BCUT2D eigenvalue weighted by molar-refractivity contribution is 0.0696. The highest BCUT2D eigenvalue weighted by Gasteiger charge is 2.27. The van der Waals surface area contributed by atoms with E-state index in [2.05, 4.69) is 21.5 Å². The summed E-state index contributed by atoms with van der Waals surface area (Å²) in [5.41, 5.74) is 1.61. The average molecular weight is 300 g/mol. The first kappa shape index (κ1) is 14.6. The fraction of sp³-hybridized carbons (Fsp3) is 0.438. The molecule has 0 aromatic carbocycles. The summed E-state index contributed by atoms with van der Waals surface area (Å²) in [7, 11) is 1.86. The van der Waals surface area contributed by atoms with Gasteiger partial charge in [0.1, 0.15) is 11.6 Å². The molecule has 0 unspecified atom stereocenters. The van der Waals surface area contributed by atoms with Gasteiger partial charge in [0, 0.05) is 38.3 Å². The Labute approximate surface area is 129 Å². The number of carbonyl (C=O) groups excluding carboxylic acids is 1. The van der Waals surface area contributed by atoms with Crippen molar-refractivity contribution in [2.45, 2.75) is 25.7 Å². The van der Waals surface area contributed by atoms with E-state index >= 15 is 0 Å². The minimum absolute atomic E-state index is 0.0514. The molecule has 116 valence electrons. The highest BCUT2D eigenvalue weighted by atomic mass is 16.5. The van der Waals surface area contributed by atoms with E-state index in [1.165, 1.54) is 5.56 Å². The van der Waals surface area contributed by atoms with E-state index in [1.807, 2.05) is 24.2 Å². The first-order valence-electron chi connectivity index (χ1n) is 7.53. The van der Waals surface area contributed by atoms with Crippen molar-refractivity contribution in [2.75, 3.05) is 25.5 Å². The Hall–Kier alpha value is -2.37. The number of piperidine rings is 1. The number of aromatic nitrogens is 2. The van der Waals surface area contributed by atoms with E-state index in [0.29, 0.717) is 23.9 Å². The molecular formula is C16H20N4O2. The van der Waals surface area contributed by atoms with Crippen LogP contribution in [-0.2, 0) is 0 Å². The summed E-state index contributed by atoms with van der Waals surface area (Å²) in [6.45, 7) is 3.27. The normalized spacial score (nSPS) is 18.3. The van der Waals surface area contributed by atoms with Crippen molar-refractivity contribution in [1.82, 2.24) is 15.0 Å². The number of aryl methyl sites for hydroxylation is 1. The second kappa shape index (κ2) is 6.17. The standard InChI is InChI=1S/C16H20N4O2/c1-11-8-14(19-22-11)16(21)20-7-3-4-13(10-20)12-5-6-18-15(9-12)17-2/h5-6,8-9,13H,3-4,7,10H2,1-2H3,(H,17,18)/t13-/m1/s1. The molecular weight excluding hydrogens is 280 g/mol. The summed E-state index contributed by atoms with van der Waals surface area (Å²) < 4.78 is 5.00. The van der Waals surface area contributed by atoms with Gasteiger partial charge in [-0.05, 0) is 37.5 Å². The zero-order chi connectivity index (χ0) is 15.5. The van der Waals surface area contributed by atoms with Gasteiger partial charge in [-0.2, -0.15) is 0 Å². The zero-order valence-corrected chi connectivity index (χ0v) is 12.9. The Bertz CT molecular complexity index is 668. The molecule has 1 atom stereocenters. The maximum atomic E-state index is 12.5. The minimum Gasteiger partial charge on any atom is -0.373 e. The first-order valence-corrected chi connectivity index (χ1v) is 7.53. The van der Waals surface area contributed by atoms with Crippen molar-refractivity contribution in [3.8, 4) is 0 Å². The highest BCUT2D eigenvalue weighted by Crippen LogP contribution is 2.28. The van der Waals surface area contributed by atoms with Gasteiger partial charge in [0.15, 0.2) is 5.69 Å². The van der Waals surface area contributed by atoms with E-state index in [4.69, 9.17) is 4.52 Å². The van der Waals surface area contributed by atoms with E-state index < -0.39 is 0 Å². The van der Waals surface area contributed by atoms with Crippen LogP contribution in [-0.4, -0.2) is 41.1 Å². The first-order chi connectivity index (χ1) is 10.7. The summed E-state index contributed by atoms with van der Waals surface area (Å²) in [6.07, 6.45) is 3.88. The summed E-state index contributed by atoms with van der Waals surface area (Å²) in [4.78, 5) is 18.6. The maximum Gasteiger partial charge on any atom is 0.276 e. The molecule has 3 rings (SSSR count). The molecule has 1 aliphatic heterocycles. The van der Waals surface area contributed by atoms with Gasteiger partial charge in [0.2, 0.25) is 0 Å². The lowest BCUT2D eigenvalue weighted by atomic mass is 9.91. The van der Waals surface area contributed by atoms with Crippen molar-refractivity contribution in [1.29, 1.82) is 0 Å². The van der Waals surface area contributed by atoms with E-state index in [9.17, 15) is 4.79 Å². The van der Waals surface area contributed by atoms with E-state index in [-0.39, 0.29) is 5.91 Å². The molecule has 1 saturated heterocycles. The molecule has 0 radical (unpaired) electrons. The second-order valence-electron chi connectivity index (χ2n) is 5.64. The van der Waals surface area contributed by atoms with Gasteiger partial charge < -0.3 is 14.7 Å². The Morgan fingerprint density at radius 3 is 3.05 bits per heavy atom. The van der Waals surface area contributed by atoms with E-state index in [1.54, 1.807) is 13.0 Å². The van der Waals surface area contributed by atoms with Crippen LogP contribution in [0.3, 0.4) is 0 Å². The number of hydrogen-bond donors (Lipinski definition) is 1. The predicted octanol–water partition coefficient (Wildman–Crippen LogP) is 2.44. The molecule has 6 nitrogen and oxygen atoms in total. The molecule has 0 spiro atoms. The molecule has 22 heavy (non-hydrogen) atoms. The van der Waals surface area contributed by atoms with Crippen LogP contribution in [0.5, 0.6) is 0 Å². The molecule has 2 aromatic heterocycles. The molecule has 6 heteroatoms. The topological polar surface area (TPSA) is 71.3 Å². The molecule has 1 fully saturated rings. The van der Waals surface area contributed by atoms with Crippen molar-refractivity contribution < 1.29 is 9.32 Å². The van der Waals surface area contributed by atoms with Crippen molar-refractivity contribution >= 4 is 11.7 Å². The van der Waals surface area contributed by atoms with Crippen molar-refractivity contribution in [2.24, 2.45) is 0 Å². The van der Waals surface area contributed by atoms with Gasteiger partial charge in [-0.3, -0.25) is 4.79 Å². The zero-order valence-electron chi connectivity index (χ0n) is 12.9. The lowest BCUT2D eigenvalue weighted by Gasteiger charge is -2.32. The molecule has 3 heterocycles. The number of nitrogens with zero attached hydrogens (tertiary/aromatic N) is 3. The monoisotopic (exact) mass is 300 g/mol. The van der Waals surface area contributed by atoms with E-state index in [0.717, 1.165) is 25.2 Å². The lowest BCUT2D eigenvalue weighted by Crippen LogP contribution is -2.39. The van der Waals surface area contributed by atoms with Crippen LogP contribution in [0.1, 0.15) is 40.6 Å². The van der Waals surface area contributed by atoms with Crippen LogP contribution in [0.2, 0.25) is 0 Å². The predicted molar refractivity (Wildman–Crippen MR) is 82.9 cm³/mol. The highest BCUT2D eigenvalue weighted by molar-refractivity contribution is 5.92. The third-order valence-corrected chi connectivity index (χ3v) is 4.07.